The maximum absolute atomic E-state index is 12.4. The molecule has 1 nitrogen and oxygen atoms in total. The average molecular weight is 242 g/mol. The molecule has 18 heavy (non-hydrogen) atoms. The summed E-state index contributed by atoms with van der Waals surface area (Å²) in [5.74, 6) is 0.281. The van der Waals surface area contributed by atoms with E-state index in [2.05, 4.69) is 58.9 Å². The van der Waals surface area contributed by atoms with Crippen LogP contribution >= 0.6 is 0 Å². The molecule has 2 rings (SSSR count). The normalized spacial score (nSPS) is 21.6. The second-order valence-electron chi connectivity index (χ2n) is 6.45. The van der Waals surface area contributed by atoms with E-state index in [-0.39, 0.29) is 16.6 Å². The van der Waals surface area contributed by atoms with Crippen molar-refractivity contribution in [1.82, 2.24) is 0 Å². The Labute approximate surface area is 110 Å². The molecule has 1 aromatic rings. The van der Waals surface area contributed by atoms with Crippen LogP contribution in [0.3, 0.4) is 0 Å². The van der Waals surface area contributed by atoms with E-state index in [0.717, 1.165) is 5.57 Å². The number of aryl methyl sites for hydroxylation is 1. The summed E-state index contributed by atoms with van der Waals surface area (Å²) in [6.07, 6.45) is 0. The van der Waals surface area contributed by atoms with E-state index in [0.29, 0.717) is 0 Å². The highest BCUT2D eigenvalue weighted by Gasteiger charge is 2.52. The SMILES string of the molecule is CC1=C(c2ccc(C)cc2)C(C)(C)C(C)(C)C1=O. The lowest BCUT2D eigenvalue weighted by Crippen LogP contribution is -2.34. The van der Waals surface area contributed by atoms with Crippen LogP contribution in [0.5, 0.6) is 0 Å². The molecule has 0 spiro atoms. The molecule has 0 amide bonds. The predicted molar refractivity (Wildman–Crippen MR) is 76.3 cm³/mol. The molecule has 0 fully saturated rings. The van der Waals surface area contributed by atoms with Gasteiger partial charge in [-0.05, 0) is 30.6 Å². The topological polar surface area (TPSA) is 17.1 Å². The van der Waals surface area contributed by atoms with Crippen LogP contribution in [0.25, 0.3) is 5.57 Å². The predicted octanol–water partition coefficient (Wildman–Crippen LogP) is 4.40. The Morgan fingerprint density at radius 1 is 0.833 bits per heavy atom. The first kappa shape index (κ1) is 13.1. The van der Waals surface area contributed by atoms with Crippen LogP contribution in [-0.4, -0.2) is 5.78 Å². The van der Waals surface area contributed by atoms with E-state index >= 15 is 0 Å². The van der Waals surface area contributed by atoms with E-state index in [1.54, 1.807) is 0 Å². The summed E-state index contributed by atoms with van der Waals surface area (Å²) in [5, 5.41) is 0. The number of hydrogen-bond acceptors (Lipinski definition) is 1. The van der Waals surface area contributed by atoms with Crippen LogP contribution in [-0.2, 0) is 4.79 Å². The smallest absolute Gasteiger partial charge is 0.165 e. The zero-order valence-electron chi connectivity index (χ0n) is 12.2. The van der Waals surface area contributed by atoms with Crippen molar-refractivity contribution in [2.75, 3.05) is 0 Å². The number of Topliss-reactive ketones (excluding diaryl/α,β-unsaturated/α-hetero) is 1. The van der Waals surface area contributed by atoms with Gasteiger partial charge in [-0.2, -0.15) is 0 Å². The zero-order valence-corrected chi connectivity index (χ0v) is 12.2. The Morgan fingerprint density at radius 3 is 1.72 bits per heavy atom. The molecular weight excluding hydrogens is 220 g/mol. The minimum atomic E-state index is -0.322. The summed E-state index contributed by atoms with van der Waals surface area (Å²) in [7, 11) is 0. The molecule has 1 aromatic carbocycles. The fourth-order valence-corrected chi connectivity index (χ4v) is 2.94. The molecular formula is C17H22O. The highest BCUT2D eigenvalue weighted by atomic mass is 16.1. The number of hydrogen-bond donors (Lipinski definition) is 0. The van der Waals surface area contributed by atoms with Crippen molar-refractivity contribution in [2.24, 2.45) is 10.8 Å². The average Bonchev–Trinajstić information content (AvgIpc) is 2.40. The lowest BCUT2D eigenvalue weighted by molar-refractivity contribution is -0.125. The molecule has 0 unspecified atom stereocenters. The molecule has 0 heterocycles. The van der Waals surface area contributed by atoms with Gasteiger partial charge >= 0.3 is 0 Å². The molecule has 1 heteroatoms. The first-order valence-electron chi connectivity index (χ1n) is 6.53. The highest BCUT2D eigenvalue weighted by Crippen LogP contribution is 2.56. The molecule has 0 radical (unpaired) electrons. The van der Waals surface area contributed by atoms with Crippen molar-refractivity contribution >= 4 is 11.4 Å². The highest BCUT2D eigenvalue weighted by molar-refractivity contribution is 6.12. The van der Waals surface area contributed by atoms with Gasteiger partial charge in [-0.3, -0.25) is 4.79 Å². The van der Waals surface area contributed by atoms with Crippen molar-refractivity contribution in [1.29, 1.82) is 0 Å². The molecule has 0 aromatic heterocycles. The second-order valence-corrected chi connectivity index (χ2v) is 6.45. The Kier molecular flexibility index (Phi) is 2.77. The lowest BCUT2D eigenvalue weighted by Gasteiger charge is -2.36. The molecule has 0 saturated carbocycles. The molecule has 0 atom stereocenters. The monoisotopic (exact) mass is 242 g/mol. The van der Waals surface area contributed by atoms with Gasteiger partial charge in [0, 0.05) is 10.8 Å². The minimum Gasteiger partial charge on any atom is -0.294 e. The van der Waals surface area contributed by atoms with Gasteiger partial charge in [0.05, 0.1) is 0 Å². The van der Waals surface area contributed by atoms with Gasteiger partial charge in [-0.25, -0.2) is 0 Å². The van der Waals surface area contributed by atoms with E-state index in [1.807, 2.05) is 6.92 Å². The van der Waals surface area contributed by atoms with Crippen LogP contribution in [0.15, 0.2) is 29.8 Å². The molecule has 1 aliphatic rings. The van der Waals surface area contributed by atoms with Gasteiger partial charge in [0.2, 0.25) is 0 Å². The first-order valence-corrected chi connectivity index (χ1v) is 6.53. The van der Waals surface area contributed by atoms with Gasteiger partial charge in [0.15, 0.2) is 5.78 Å². The number of benzene rings is 1. The third-order valence-electron chi connectivity index (χ3n) is 4.81. The van der Waals surface area contributed by atoms with Gasteiger partial charge < -0.3 is 0 Å². The number of carbonyl (C=O) groups is 1. The largest absolute Gasteiger partial charge is 0.294 e. The van der Waals surface area contributed by atoms with Crippen molar-refractivity contribution in [3.63, 3.8) is 0 Å². The van der Waals surface area contributed by atoms with E-state index < -0.39 is 0 Å². The fourth-order valence-electron chi connectivity index (χ4n) is 2.94. The van der Waals surface area contributed by atoms with E-state index in [1.165, 1.54) is 16.7 Å². The molecule has 1 aliphatic carbocycles. The summed E-state index contributed by atoms with van der Waals surface area (Å²) in [6.45, 7) is 12.5. The molecule has 0 aliphatic heterocycles. The number of carbonyl (C=O) groups excluding carboxylic acids is 1. The lowest BCUT2D eigenvalue weighted by atomic mass is 9.66. The Hall–Kier alpha value is -1.37. The summed E-state index contributed by atoms with van der Waals surface area (Å²) >= 11 is 0. The third kappa shape index (κ3) is 1.57. The first-order chi connectivity index (χ1) is 8.19. The van der Waals surface area contributed by atoms with Crippen molar-refractivity contribution < 1.29 is 4.79 Å². The van der Waals surface area contributed by atoms with Crippen molar-refractivity contribution in [3.8, 4) is 0 Å². The Balaban J connectivity index is 2.63. The third-order valence-corrected chi connectivity index (χ3v) is 4.81. The number of rotatable bonds is 1. The fraction of sp³-hybridized carbons (Fsp3) is 0.471. The summed E-state index contributed by atoms with van der Waals surface area (Å²) in [5.41, 5.74) is 4.12. The van der Waals surface area contributed by atoms with Gasteiger partial charge in [-0.1, -0.05) is 57.5 Å². The zero-order chi connectivity index (χ0) is 13.7. The van der Waals surface area contributed by atoms with Crippen LogP contribution in [0, 0.1) is 17.8 Å². The summed E-state index contributed by atoms with van der Waals surface area (Å²) < 4.78 is 0. The van der Waals surface area contributed by atoms with Gasteiger partial charge in [0.25, 0.3) is 0 Å². The Morgan fingerprint density at radius 2 is 1.33 bits per heavy atom. The van der Waals surface area contributed by atoms with Crippen LogP contribution in [0.1, 0.15) is 45.7 Å². The van der Waals surface area contributed by atoms with E-state index in [9.17, 15) is 4.79 Å². The Bertz CT molecular complexity index is 527. The summed E-state index contributed by atoms with van der Waals surface area (Å²) in [4.78, 5) is 12.4. The quantitative estimate of drug-likeness (QED) is 0.713. The second kappa shape index (κ2) is 3.81. The summed E-state index contributed by atoms with van der Waals surface area (Å²) in [6, 6.07) is 8.48. The van der Waals surface area contributed by atoms with Crippen molar-refractivity contribution in [3.05, 3.63) is 41.0 Å². The molecule has 0 saturated heterocycles. The molecule has 0 bridgehead atoms. The van der Waals surface area contributed by atoms with Crippen LogP contribution < -0.4 is 0 Å². The maximum atomic E-state index is 12.4. The standard InChI is InChI=1S/C17H22O/c1-11-7-9-13(10-8-11)14-12(2)15(18)17(5,6)16(14,3)4/h7-10H,1-6H3. The molecule has 96 valence electrons. The number of allylic oxidation sites excluding steroid dienone is 2. The minimum absolute atomic E-state index is 0.122. The van der Waals surface area contributed by atoms with Crippen LogP contribution in [0.4, 0.5) is 0 Å². The maximum Gasteiger partial charge on any atom is 0.165 e. The van der Waals surface area contributed by atoms with Gasteiger partial charge in [0.1, 0.15) is 0 Å². The van der Waals surface area contributed by atoms with Gasteiger partial charge in [-0.15, -0.1) is 0 Å². The number of ketones is 1. The molecule has 0 N–H and O–H groups in total. The van der Waals surface area contributed by atoms with E-state index in [4.69, 9.17) is 0 Å². The van der Waals surface area contributed by atoms with Crippen LogP contribution in [0.2, 0.25) is 0 Å². The van der Waals surface area contributed by atoms with Crippen molar-refractivity contribution in [2.45, 2.75) is 41.5 Å².